The van der Waals surface area contributed by atoms with E-state index in [1.807, 2.05) is 11.3 Å². The Balaban J connectivity index is 1.93. The molecule has 0 radical (unpaired) electrons. The number of hydrogen-bond acceptors (Lipinski definition) is 4. The molecule has 2 rings (SSSR count). The van der Waals surface area contributed by atoms with Gasteiger partial charge in [0.05, 0.1) is 5.69 Å². The van der Waals surface area contributed by atoms with Crippen LogP contribution in [0.2, 0.25) is 0 Å². The van der Waals surface area contributed by atoms with Gasteiger partial charge in [0, 0.05) is 24.5 Å². The maximum Gasteiger partial charge on any atom is 0.185 e. The summed E-state index contributed by atoms with van der Waals surface area (Å²) < 4.78 is 0. The van der Waals surface area contributed by atoms with E-state index in [-0.39, 0.29) is 0 Å². The van der Waals surface area contributed by atoms with Crippen LogP contribution < -0.4 is 10.2 Å². The van der Waals surface area contributed by atoms with Crippen LogP contribution in [0.5, 0.6) is 0 Å². The molecular weight excluding hydrogens is 254 g/mol. The molecule has 1 saturated carbocycles. The van der Waals surface area contributed by atoms with Gasteiger partial charge < -0.3 is 10.2 Å². The summed E-state index contributed by atoms with van der Waals surface area (Å²) in [5.74, 6) is 1.63. The van der Waals surface area contributed by atoms with E-state index in [4.69, 9.17) is 4.98 Å². The van der Waals surface area contributed by atoms with E-state index in [9.17, 15) is 0 Å². The lowest BCUT2D eigenvalue weighted by Crippen LogP contribution is -2.24. The molecule has 1 aliphatic carbocycles. The number of nitrogens with one attached hydrogen (secondary N) is 1. The second kappa shape index (κ2) is 6.71. The molecule has 1 N–H and O–H groups in total. The van der Waals surface area contributed by atoms with Gasteiger partial charge in [-0.05, 0) is 45.1 Å². The molecule has 0 aliphatic heterocycles. The Labute approximate surface area is 121 Å². The van der Waals surface area contributed by atoms with Crippen LogP contribution in [0.15, 0.2) is 0 Å². The third-order valence-corrected chi connectivity index (χ3v) is 4.77. The number of thiazole rings is 1. The molecule has 0 spiro atoms. The Bertz CT molecular complexity index is 396. The Morgan fingerprint density at radius 2 is 2.16 bits per heavy atom. The average molecular weight is 281 g/mol. The fourth-order valence-electron chi connectivity index (χ4n) is 2.14. The first kappa shape index (κ1) is 14.8. The van der Waals surface area contributed by atoms with Crippen molar-refractivity contribution in [2.45, 2.75) is 47.1 Å². The summed E-state index contributed by atoms with van der Waals surface area (Å²) in [7, 11) is 0. The summed E-state index contributed by atoms with van der Waals surface area (Å²) in [5.41, 5.74) is 1.20. The summed E-state index contributed by atoms with van der Waals surface area (Å²) in [6, 6.07) is 0. The number of aryl methyl sites for hydroxylation is 1. The minimum absolute atomic E-state index is 0.703. The van der Waals surface area contributed by atoms with E-state index in [1.54, 1.807) is 0 Å². The molecule has 3 nitrogen and oxygen atoms in total. The van der Waals surface area contributed by atoms with E-state index in [1.165, 1.54) is 35.1 Å². The second-order valence-electron chi connectivity index (χ2n) is 6.01. The van der Waals surface area contributed by atoms with Gasteiger partial charge in [0.2, 0.25) is 0 Å². The van der Waals surface area contributed by atoms with Crippen LogP contribution in [0.1, 0.15) is 44.2 Å². The predicted molar refractivity (Wildman–Crippen MR) is 84.0 cm³/mol. The molecule has 0 atom stereocenters. The van der Waals surface area contributed by atoms with Crippen molar-refractivity contribution in [3.05, 3.63) is 10.6 Å². The lowest BCUT2D eigenvalue weighted by atomic mass is 10.2. The fraction of sp³-hybridized carbons (Fsp3) is 0.800. The van der Waals surface area contributed by atoms with Crippen molar-refractivity contribution < 1.29 is 0 Å². The van der Waals surface area contributed by atoms with Gasteiger partial charge in [-0.15, -0.1) is 11.3 Å². The fourth-order valence-corrected chi connectivity index (χ4v) is 3.24. The third-order valence-electron chi connectivity index (χ3n) is 3.55. The molecule has 0 unspecified atom stereocenters. The van der Waals surface area contributed by atoms with Crippen molar-refractivity contribution in [2.75, 3.05) is 24.5 Å². The summed E-state index contributed by atoms with van der Waals surface area (Å²) in [6.45, 7) is 13.2. The quantitative estimate of drug-likeness (QED) is 0.791. The minimum Gasteiger partial charge on any atom is -0.348 e. The molecular formula is C15H27N3S. The van der Waals surface area contributed by atoms with Gasteiger partial charge in [-0.1, -0.05) is 13.8 Å². The van der Waals surface area contributed by atoms with E-state index < -0.39 is 0 Å². The van der Waals surface area contributed by atoms with E-state index >= 15 is 0 Å². The first-order chi connectivity index (χ1) is 9.10. The highest BCUT2D eigenvalue weighted by atomic mass is 32.1. The van der Waals surface area contributed by atoms with E-state index in [0.717, 1.165) is 25.6 Å². The van der Waals surface area contributed by atoms with Crippen molar-refractivity contribution in [2.24, 2.45) is 11.8 Å². The van der Waals surface area contributed by atoms with Crippen LogP contribution >= 0.6 is 11.3 Å². The monoisotopic (exact) mass is 281 g/mol. The normalized spacial score (nSPS) is 15.2. The zero-order valence-electron chi connectivity index (χ0n) is 12.7. The topological polar surface area (TPSA) is 28.2 Å². The molecule has 108 valence electrons. The Hall–Kier alpha value is -0.610. The second-order valence-corrected chi connectivity index (χ2v) is 7.07. The first-order valence-electron chi connectivity index (χ1n) is 7.52. The van der Waals surface area contributed by atoms with Crippen LogP contribution in [-0.2, 0) is 6.54 Å². The first-order valence-corrected chi connectivity index (χ1v) is 8.33. The zero-order chi connectivity index (χ0) is 13.8. The molecule has 4 heteroatoms. The lowest BCUT2D eigenvalue weighted by Gasteiger charge is -2.19. The van der Waals surface area contributed by atoms with Gasteiger partial charge in [0.15, 0.2) is 5.13 Å². The molecule has 1 aromatic rings. The zero-order valence-corrected chi connectivity index (χ0v) is 13.5. The summed E-state index contributed by atoms with van der Waals surface area (Å²) in [4.78, 5) is 8.60. The SMILES string of the molecule is CCN(CC1CC1)c1nc(C)c(CNCC(C)C)s1. The summed E-state index contributed by atoms with van der Waals surface area (Å²) in [5, 5.41) is 4.73. The number of hydrogen-bond donors (Lipinski definition) is 1. The smallest absolute Gasteiger partial charge is 0.185 e. The van der Waals surface area contributed by atoms with Gasteiger partial charge in [0.1, 0.15) is 0 Å². The summed E-state index contributed by atoms with van der Waals surface area (Å²) in [6.07, 6.45) is 2.81. The van der Waals surface area contributed by atoms with Gasteiger partial charge in [0.25, 0.3) is 0 Å². The highest BCUT2D eigenvalue weighted by Crippen LogP contribution is 2.33. The van der Waals surface area contributed by atoms with Crippen molar-refractivity contribution >= 4 is 16.5 Å². The standard InChI is InChI=1S/C15H27N3S/c1-5-18(10-13-6-7-13)15-17-12(4)14(19-15)9-16-8-11(2)3/h11,13,16H,5-10H2,1-4H3. The molecule has 1 fully saturated rings. The van der Waals surface area contributed by atoms with Crippen molar-refractivity contribution in [1.82, 2.24) is 10.3 Å². The highest BCUT2D eigenvalue weighted by Gasteiger charge is 2.25. The van der Waals surface area contributed by atoms with Crippen molar-refractivity contribution in [3.63, 3.8) is 0 Å². The van der Waals surface area contributed by atoms with Gasteiger partial charge in [-0.3, -0.25) is 0 Å². The molecule has 0 saturated heterocycles. The largest absolute Gasteiger partial charge is 0.348 e. The van der Waals surface area contributed by atoms with E-state index in [2.05, 4.69) is 37.9 Å². The molecule has 1 aliphatic rings. The molecule has 0 amide bonds. The predicted octanol–water partition coefficient (Wildman–Crippen LogP) is 3.43. The Morgan fingerprint density at radius 1 is 1.42 bits per heavy atom. The van der Waals surface area contributed by atoms with Crippen molar-refractivity contribution in [1.29, 1.82) is 0 Å². The van der Waals surface area contributed by atoms with Crippen LogP contribution in [0.25, 0.3) is 0 Å². The molecule has 0 aromatic carbocycles. The highest BCUT2D eigenvalue weighted by molar-refractivity contribution is 7.15. The molecule has 19 heavy (non-hydrogen) atoms. The van der Waals surface area contributed by atoms with Gasteiger partial charge in [-0.25, -0.2) is 4.98 Å². The average Bonchev–Trinajstić information content (AvgIpc) is 3.10. The van der Waals surface area contributed by atoms with Crippen LogP contribution in [0.4, 0.5) is 5.13 Å². The van der Waals surface area contributed by atoms with Gasteiger partial charge in [-0.2, -0.15) is 0 Å². The maximum absolute atomic E-state index is 4.76. The summed E-state index contributed by atoms with van der Waals surface area (Å²) >= 11 is 1.87. The number of rotatable bonds is 8. The minimum atomic E-state index is 0.703. The number of aromatic nitrogens is 1. The molecule has 0 bridgehead atoms. The molecule has 1 aromatic heterocycles. The lowest BCUT2D eigenvalue weighted by molar-refractivity contribution is 0.554. The van der Waals surface area contributed by atoms with Crippen LogP contribution in [0.3, 0.4) is 0 Å². The van der Waals surface area contributed by atoms with Crippen LogP contribution in [-0.4, -0.2) is 24.6 Å². The van der Waals surface area contributed by atoms with Crippen molar-refractivity contribution in [3.8, 4) is 0 Å². The van der Waals surface area contributed by atoms with E-state index in [0.29, 0.717) is 5.92 Å². The third kappa shape index (κ3) is 4.46. The van der Waals surface area contributed by atoms with Crippen LogP contribution in [0, 0.1) is 18.8 Å². The molecule has 1 heterocycles. The number of anilines is 1. The Morgan fingerprint density at radius 3 is 2.74 bits per heavy atom. The Kier molecular flexibility index (Phi) is 5.22. The van der Waals surface area contributed by atoms with Gasteiger partial charge >= 0.3 is 0 Å². The maximum atomic E-state index is 4.76. The number of nitrogens with zero attached hydrogens (tertiary/aromatic N) is 2.